The van der Waals surface area contributed by atoms with Gasteiger partial charge in [0.15, 0.2) is 5.60 Å². The first-order valence-corrected chi connectivity index (χ1v) is 11.6. The van der Waals surface area contributed by atoms with Crippen molar-refractivity contribution < 1.29 is 23.4 Å². The number of ether oxygens (including phenoxy) is 1. The maximum absolute atomic E-state index is 13.9. The van der Waals surface area contributed by atoms with Crippen LogP contribution >= 0.6 is 11.6 Å². The van der Waals surface area contributed by atoms with Crippen molar-refractivity contribution in [2.24, 2.45) is 5.73 Å². The summed E-state index contributed by atoms with van der Waals surface area (Å²) in [7, 11) is 0. The van der Waals surface area contributed by atoms with E-state index in [4.69, 9.17) is 22.1 Å². The van der Waals surface area contributed by atoms with Crippen LogP contribution in [0.5, 0.6) is 5.75 Å². The number of nitrogens with two attached hydrogens (primary N) is 1. The SMILES string of the molecule is Cc1cc(OCc2ccc(F)cc2F)c(Cl)c(=O)n1Cc1ccc(C(O)(C(N)=O)c2ccccc2)cc1. The van der Waals surface area contributed by atoms with Gasteiger partial charge in [0.2, 0.25) is 0 Å². The summed E-state index contributed by atoms with van der Waals surface area (Å²) in [6.45, 7) is 1.61. The summed E-state index contributed by atoms with van der Waals surface area (Å²) in [5.41, 5.74) is 4.99. The number of hydrogen-bond acceptors (Lipinski definition) is 4. The molecule has 4 aromatic rings. The van der Waals surface area contributed by atoms with Crippen LogP contribution in [-0.4, -0.2) is 15.6 Å². The molecule has 3 N–H and O–H groups in total. The Bertz CT molecular complexity index is 1510. The highest BCUT2D eigenvalue weighted by atomic mass is 35.5. The highest BCUT2D eigenvalue weighted by molar-refractivity contribution is 6.31. The van der Waals surface area contributed by atoms with Gasteiger partial charge in [0.1, 0.15) is 29.0 Å². The minimum atomic E-state index is -2.02. The quantitative estimate of drug-likeness (QED) is 0.356. The van der Waals surface area contributed by atoms with E-state index in [0.29, 0.717) is 16.8 Å². The molecule has 0 aliphatic carbocycles. The van der Waals surface area contributed by atoms with E-state index in [0.717, 1.165) is 12.1 Å². The zero-order valence-electron chi connectivity index (χ0n) is 19.8. The van der Waals surface area contributed by atoms with Gasteiger partial charge in [-0.2, -0.15) is 0 Å². The summed E-state index contributed by atoms with van der Waals surface area (Å²) >= 11 is 6.26. The molecule has 0 bridgehead atoms. The van der Waals surface area contributed by atoms with Crippen LogP contribution in [0, 0.1) is 18.6 Å². The highest BCUT2D eigenvalue weighted by Gasteiger charge is 2.38. The average molecular weight is 525 g/mol. The van der Waals surface area contributed by atoms with Crippen LogP contribution in [0.25, 0.3) is 0 Å². The largest absolute Gasteiger partial charge is 0.487 e. The number of rotatable bonds is 8. The van der Waals surface area contributed by atoms with Gasteiger partial charge < -0.3 is 20.1 Å². The van der Waals surface area contributed by atoms with Crippen molar-refractivity contribution in [3.05, 3.63) is 134 Å². The summed E-state index contributed by atoms with van der Waals surface area (Å²) in [6, 6.07) is 19.5. The van der Waals surface area contributed by atoms with Gasteiger partial charge in [-0.25, -0.2) is 8.78 Å². The van der Waals surface area contributed by atoms with Gasteiger partial charge in [-0.15, -0.1) is 0 Å². The molecule has 37 heavy (non-hydrogen) atoms. The molecule has 0 spiro atoms. The van der Waals surface area contributed by atoms with E-state index >= 15 is 0 Å². The number of primary amides is 1. The fourth-order valence-corrected chi connectivity index (χ4v) is 4.19. The van der Waals surface area contributed by atoms with Crippen LogP contribution < -0.4 is 16.0 Å². The number of aryl methyl sites for hydroxylation is 1. The molecule has 1 heterocycles. The number of carbonyl (C=O) groups is 1. The van der Waals surface area contributed by atoms with Crippen molar-refractivity contribution in [3.63, 3.8) is 0 Å². The van der Waals surface area contributed by atoms with Crippen molar-refractivity contribution in [2.75, 3.05) is 0 Å². The fraction of sp³-hybridized carbons (Fsp3) is 0.143. The zero-order valence-corrected chi connectivity index (χ0v) is 20.5. The number of pyridine rings is 1. The highest BCUT2D eigenvalue weighted by Crippen LogP contribution is 2.30. The normalized spacial score (nSPS) is 12.7. The Morgan fingerprint density at radius 1 is 1.03 bits per heavy atom. The lowest BCUT2D eigenvalue weighted by atomic mass is 9.85. The van der Waals surface area contributed by atoms with Gasteiger partial charge in [-0.05, 0) is 35.7 Å². The van der Waals surface area contributed by atoms with Gasteiger partial charge in [0.25, 0.3) is 11.5 Å². The third-order valence-electron chi connectivity index (χ3n) is 6.07. The molecule has 190 valence electrons. The van der Waals surface area contributed by atoms with Crippen molar-refractivity contribution >= 4 is 17.5 Å². The number of halogens is 3. The first-order valence-electron chi connectivity index (χ1n) is 11.2. The van der Waals surface area contributed by atoms with E-state index in [2.05, 4.69) is 0 Å². The predicted molar refractivity (Wildman–Crippen MR) is 135 cm³/mol. The maximum atomic E-state index is 13.9. The molecule has 1 atom stereocenters. The minimum absolute atomic E-state index is 0.0777. The molecule has 0 radical (unpaired) electrons. The molecule has 1 unspecified atom stereocenters. The molecule has 0 aliphatic rings. The van der Waals surface area contributed by atoms with Crippen molar-refractivity contribution in [1.82, 2.24) is 4.57 Å². The Balaban J connectivity index is 1.56. The van der Waals surface area contributed by atoms with Crippen molar-refractivity contribution in [3.8, 4) is 5.75 Å². The summed E-state index contributed by atoms with van der Waals surface area (Å²) in [5.74, 6) is -2.31. The third kappa shape index (κ3) is 5.26. The smallest absolute Gasteiger partial charge is 0.273 e. The first kappa shape index (κ1) is 26.1. The van der Waals surface area contributed by atoms with Crippen LogP contribution in [0.4, 0.5) is 8.78 Å². The minimum Gasteiger partial charge on any atom is -0.487 e. The van der Waals surface area contributed by atoms with E-state index in [1.807, 2.05) is 0 Å². The van der Waals surface area contributed by atoms with Crippen LogP contribution in [0.2, 0.25) is 5.02 Å². The standard InChI is InChI=1S/C28H23ClF2N2O4/c1-17-13-24(37-16-19-9-12-22(30)14-23(19)31)25(29)26(34)33(17)15-18-7-10-21(11-8-18)28(36,27(32)35)20-5-3-2-4-6-20/h2-14,36H,15-16H2,1H3,(H2,32,35). The number of aromatic nitrogens is 1. The van der Waals surface area contributed by atoms with Crippen LogP contribution in [0.3, 0.4) is 0 Å². The lowest BCUT2D eigenvalue weighted by Crippen LogP contribution is -2.42. The van der Waals surface area contributed by atoms with E-state index in [9.17, 15) is 23.5 Å². The summed E-state index contributed by atoms with van der Waals surface area (Å²) in [6.07, 6.45) is 0. The lowest BCUT2D eigenvalue weighted by Gasteiger charge is -2.26. The summed E-state index contributed by atoms with van der Waals surface area (Å²) in [5, 5.41) is 10.9. The second-order valence-electron chi connectivity index (χ2n) is 8.52. The topological polar surface area (TPSA) is 94.6 Å². The second kappa shape index (κ2) is 10.5. The average Bonchev–Trinajstić information content (AvgIpc) is 2.89. The monoisotopic (exact) mass is 524 g/mol. The molecule has 3 aromatic carbocycles. The number of carbonyl (C=O) groups excluding carboxylic acids is 1. The zero-order chi connectivity index (χ0) is 26.7. The van der Waals surface area contributed by atoms with E-state index < -0.39 is 28.7 Å². The van der Waals surface area contributed by atoms with E-state index in [-0.39, 0.29) is 35.1 Å². The van der Waals surface area contributed by atoms with Crippen LogP contribution in [0.15, 0.2) is 83.7 Å². The van der Waals surface area contributed by atoms with Crippen LogP contribution in [0.1, 0.15) is 27.9 Å². The van der Waals surface area contributed by atoms with Crippen molar-refractivity contribution in [1.29, 1.82) is 0 Å². The number of amides is 1. The van der Waals surface area contributed by atoms with Gasteiger partial charge in [0, 0.05) is 23.4 Å². The Morgan fingerprint density at radius 3 is 2.30 bits per heavy atom. The summed E-state index contributed by atoms with van der Waals surface area (Å²) < 4.78 is 34.0. The predicted octanol–water partition coefficient (Wildman–Crippen LogP) is 4.44. The third-order valence-corrected chi connectivity index (χ3v) is 6.42. The van der Waals surface area contributed by atoms with Gasteiger partial charge in [-0.3, -0.25) is 9.59 Å². The number of benzene rings is 3. The molecule has 1 amide bonds. The molecular weight excluding hydrogens is 502 g/mol. The van der Waals surface area contributed by atoms with E-state index in [1.165, 1.54) is 10.6 Å². The summed E-state index contributed by atoms with van der Waals surface area (Å²) in [4.78, 5) is 25.2. The molecular formula is C28H23ClF2N2O4. The molecule has 0 aliphatic heterocycles. The maximum Gasteiger partial charge on any atom is 0.273 e. The fourth-order valence-electron chi connectivity index (χ4n) is 3.98. The van der Waals surface area contributed by atoms with Crippen molar-refractivity contribution in [2.45, 2.75) is 25.7 Å². The molecule has 0 saturated heterocycles. The molecule has 1 aromatic heterocycles. The van der Waals surface area contributed by atoms with Gasteiger partial charge in [-0.1, -0.05) is 66.2 Å². The Morgan fingerprint density at radius 2 is 1.68 bits per heavy atom. The molecule has 6 nitrogen and oxygen atoms in total. The van der Waals surface area contributed by atoms with E-state index in [1.54, 1.807) is 67.6 Å². The number of aliphatic hydroxyl groups is 1. The second-order valence-corrected chi connectivity index (χ2v) is 8.90. The Kier molecular flexibility index (Phi) is 7.42. The van der Waals surface area contributed by atoms with Crippen LogP contribution in [-0.2, 0) is 23.5 Å². The lowest BCUT2D eigenvalue weighted by molar-refractivity contribution is -0.133. The molecule has 9 heteroatoms. The number of nitrogens with zero attached hydrogens (tertiary/aromatic N) is 1. The number of hydrogen-bond donors (Lipinski definition) is 2. The molecule has 0 fully saturated rings. The van der Waals surface area contributed by atoms with Gasteiger partial charge in [0.05, 0.1) is 6.54 Å². The molecule has 0 saturated carbocycles. The Labute approximate surface area is 216 Å². The Hall–Kier alpha value is -4.01. The first-order chi connectivity index (χ1) is 17.6. The van der Waals surface area contributed by atoms with Gasteiger partial charge >= 0.3 is 0 Å². The molecule has 4 rings (SSSR count).